The van der Waals surface area contributed by atoms with Gasteiger partial charge in [-0.25, -0.2) is 0 Å². The number of ether oxygens (including phenoxy) is 1. The molecule has 6 heteroatoms. The van der Waals surface area contributed by atoms with Gasteiger partial charge in [0.05, 0.1) is 12.8 Å². The monoisotopic (exact) mass is 354 g/mol. The lowest BCUT2D eigenvalue weighted by Crippen LogP contribution is -2.31. The number of benzene rings is 2. The molecule has 6 nitrogen and oxygen atoms in total. The van der Waals surface area contributed by atoms with Crippen molar-refractivity contribution in [3.8, 4) is 16.9 Å². The molecule has 0 spiro atoms. The fraction of sp³-hybridized carbons (Fsp3) is 0.250. The van der Waals surface area contributed by atoms with Gasteiger partial charge < -0.3 is 27.3 Å². The second kappa shape index (κ2) is 8.29. The Labute approximate surface area is 154 Å². The quantitative estimate of drug-likeness (QED) is 0.469. The molecule has 138 valence electrons. The van der Waals surface area contributed by atoms with Gasteiger partial charge in [-0.15, -0.1) is 0 Å². The van der Waals surface area contributed by atoms with Crippen molar-refractivity contribution in [2.75, 3.05) is 19.4 Å². The van der Waals surface area contributed by atoms with Crippen molar-refractivity contribution in [2.45, 2.75) is 20.3 Å². The molecule has 0 heterocycles. The van der Waals surface area contributed by atoms with Crippen LogP contribution in [-0.4, -0.2) is 19.6 Å². The highest BCUT2D eigenvalue weighted by molar-refractivity contribution is 6.01. The van der Waals surface area contributed by atoms with E-state index in [4.69, 9.17) is 21.9 Å². The van der Waals surface area contributed by atoms with E-state index in [0.29, 0.717) is 17.8 Å². The van der Waals surface area contributed by atoms with Crippen molar-refractivity contribution in [3.05, 3.63) is 53.2 Å². The molecule has 0 bridgehead atoms. The van der Waals surface area contributed by atoms with Crippen molar-refractivity contribution in [1.29, 1.82) is 0 Å². The van der Waals surface area contributed by atoms with Crippen LogP contribution >= 0.6 is 0 Å². The number of methoxy groups -OCH3 is 1. The van der Waals surface area contributed by atoms with Crippen LogP contribution < -0.4 is 27.3 Å². The fourth-order valence-corrected chi connectivity index (χ4v) is 2.70. The molecule has 2 rings (SSSR count). The highest BCUT2D eigenvalue weighted by atomic mass is 16.5. The standard InChI is InChI=1S/C20H26N4O2/c1-4-10-24-20(25)19(23)18(22)15-7-5-6-14(17(15)21)13-8-9-16(26-3)12(2)11-13/h5-9,11H,4,10,21-23H2,1-3H3,(H,24,25)/b19-18+. The lowest BCUT2D eigenvalue weighted by molar-refractivity contribution is -0.117. The van der Waals surface area contributed by atoms with Gasteiger partial charge in [-0.2, -0.15) is 0 Å². The van der Waals surface area contributed by atoms with Crippen LogP contribution in [0.5, 0.6) is 5.75 Å². The first-order chi connectivity index (χ1) is 12.4. The van der Waals surface area contributed by atoms with Crippen LogP contribution in [0.3, 0.4) is 0 Å². The molecule has 0 aliphatic heterocycles. The first-order valence-electron chi connectivity index (χ1n) is 8.48. The van der Waals surface area contributed by atoms with Gasteiger partial charge in [0.25, 0.3) is 5.91 Å². The summed E-state index contributed by atoms with van der Waals surface area (Å²) in [6, 6.07) is 11.3. The molecule has 0 atom stereocenters. The number of hydrogen-bond donors (Lipinski definition) is 4. The Morgan fingerprint density at radius 2 is 1.92 bits per heavy atom. The smallest absolute Gasteiger partial charge is 0.269 e. The second-order valence-corrected chi connectivity index (χ2v) is 6.03. The molecule has 2 aromatic rings. The summed E-state index contributed by atoms with van der Waals surface area (Å²) in [4.78, 5) is 12.1. The van der Waals surface area contributed by atoms with Crippen LogP contribution in [-0.2, 0) is 4.79 Å². The van der Waals surface area contributed by atoms with Gasteiger partial charge in [-0.3, -0.25) is 4.79 Å². The highest BCUT2D eigenvalue weighted by Crippen LogP contribution is 2.33. The average molecular weight is 354 g/mol. The minimum absolute atomic E-state index is 0.0341. The fourth-order valence-electron chi connectivity index (χ4n) is 2.70. The zero-order chi connectivity index (χ0) is 19.3. The second-order valence-electron chi connectivity index (χ2n) is 6.03. The van der Waals surface area contributed by atoms with Crippen molar-refractivity contribution in [3.63, 3.8) is 0 Å². The van der Waals surface area contributed by atoms with Crippen LogP contribution in [0.2, 0.25) is 0 Å². The van der Waals surface area contributed by atoms with E-state index in [9.17, 15) is 4.79 Å². The summed E-state index contributed by atoms with van der Waals surface area (Å²) in [7, 11) is 1.63. The van der Waals surface area contributed by atoms with Crippen LogP contribution in [0.1, 0.15) is 24.5 Å². The summed E-state index contributed by atoms with van der Waals surface area (Å²) >= 11 is 0. The van der Waals surface area contributed by atoms with E-state index in [-0.39, 0.29) is 11.4 Å². The third-order valence-corrected chi connectivity index (χ3v) is 4.17. The number of nitrogens with one attached hydrogen (secondary N) is 1. The molecule has 0 aromatic heterocycles. The van der Waals surface area contributed by atoms with E-state index >= 15 is 0 Å². The number of carbonyl (C=O) groups excluding carboxylic acids is 1. The van der Waals surface area contributed by atoms with Crippen LogP contribution in [0.15, 0.2) is 42.1 Å². The molecule has 26 heavy (non-hydrogen) atoms. The molecule has 0 saturated heterocycles. The maximum Gasteiger partial charge on any atom is 0.269 e. The molecule has 1 amide bonds. The Balaban J connectivity index is 2.46. The lowest BCUT2D eigenvalue weighted by atomic mass is 9.97. The Kier molecular flexibility index (Phi) is 6.11. The van der Waals surface area contributed by atoms with Gasteiger partial charge in [0.2, 0.25) is 0 Å². The number of nitrogen functional groups attached to an aromatic ring is 1. The predicted octanol–water partition coefficient (Wildman–Crippen LogP) is 2.37. The van der Waals surface area contributed by atoms with Crippen molar-refractivity contribution < 1.29 is 9.53 Å². The zero-order valence-electron chi connectivity index (χ0n) is 15.4. The SMILES string of the molecule is CCCNC(=O)/C(N)=C(\N)c1cccc(-c2ccc(OC)c(C)c2)c1N. The maximum absolute atomic E-state index is 12.1. The number of aryl methyl sites for hydroxylation is 1. The van der Waals surface area contributed by atoms with Crippen LogP contribution in [0.25, 0.3) is 16.8 Å². The minimum Gasteiger partial charge on any atom is -0.496 e. The third-order valence-electron chi connectivity index (χ3n) is 4.17. The molecule has 0 aliphatic carbocycles. The minimum atomic E-state index is -0.394. The maximum atomic E-state index is 12.1. The van der Waals surface area contributed by atoms with Gasteiger partial charge in [-0.1, -0.05) is 31.2 Å². The van der Waals surface area contributed by atoms with Gasteiger partial charge in [0, 0.05) is 23.4 Å². The topological polar surface area (TPSA) is 116 Å². The first kappa shape index (κ1) is 19.2. The first-order valence-corrected chi connectivity index (χ1v) is 8.48. The largest absolute Gasteiger partial charge is 0.496 e. The molecular weight excluding hydrogens is 328 g/mol. The van der Waals surface area contributed by atoms with E-state index in [2.05, 4.69) is 5.32 Å². The van der Waals surface area contributed by atoms with Crippen molar-refractivity contribution in [1.82, 2.24) is 5.32 Å². The number of anilines is 1. The summed E-state index contributed by atoms with van der Waals surface area (Å²) in [6.07, 6.45) is 0.813. The van der Waals surface area contributed by atoms with Gasteiger partial charge >= 0.3 is 0 Å². The van der Waals surface area contributed by atoms with Crippen molar-refractivity contribution >= 4 is 17.3 Å². The van der Waals surface area contributed by atoms with Crippen LogP contribution in [0.4, 0.5) is 5.69 Å². The zero-order valence-corrected chi connectivity index (χ0v) is 15.4. The van der Waals surface area contributed by atoms with Gasteiger partial charge in [-0.05, 0) is 36.6 Å². The molecule has 0 saturated carbocycles. The number of hydrogen-bond acceptors (Lipinski definition) is 5. The summed E-state index contributed by atoms with van der Waals surface area (Å²) in [6.45, 7) is 4.46. The van der Waals surface area contributed by atoms with E-state index in [1.807, 2.05) is 44.2 Å². The van der Waals surface area contributed by atoms with Crippen LogP contribution in [0, 0.1) is 6.92 Å². The number of carbonyl (C=O) groups is 1. The Morgan fingerprint density at radius 3 is 2.54 bits per heavy atom. The summed E-state index contributed by atoms with van der Waals surface area (Å²) < 4.78 is 5.30. The van der Waals surface area contributed by atoms with Gasteiger partial charge in [0.15, 0.2) is 0 Å². The number of amides is 1. The average Bonchev–Trinajstić information content (AvgIpc) is 2.65. The molecular formula is C20H26N4O2. The van der Waals surface area contributed by atoms with E-state index in [1.165, 1.54) is 0 Å². The lowest BCUT2D eigenvalue weighted by Gasteiger charge is -2.15. The third kappa shape index (κ3) is 3.91. The Morgan fingerprint density at radius 1 is 1.19 bits per heavy atom. The number of nitrogens with two attached hydrogens (primary N) is 3. The summed E-state index contributed by atoms with van der Waals surface area (Å²) in [5.41, 5.74) is 22.3. The molecule has 0 aliphatic rings. The van der Waals surface area contributed by atoms with E-state index in [1.54, 1.807) is 13.2 Å². The summed E-state index contributed by atoms with van der Waals surface area (Å²) in [5, 5.41) is 2.71. The molecule has 7 N–H and O–H groups in total. The molecule has 0 radical (unpaired) electrons. The Hall–Kier alpha value is -3.15. The molecule has 2 aromatic carbocycles. The van der Waals surface area contributed by atoms with Gasteiger partial charge in [0.1, 0.15) is 11.4 Å². The molecule has 0 unspecified atom stereocenters. The number of rotatable bonds is 6. The normalized spacial score (nSPS) is 11.7. The van der Waals surface area contributed by atoms with Crippen molar-refractivity contribution in [2.24, 2.45) is 11.5 Å². The molecule has 0 fully saturated rings. The summed E-state index contributed by atoms with van der Waals surface area (Å²) in [5.74, 6) is 0.411. The van der Waals surface area contributed by atoms with E-state index in [0.717, 1.165) is 28.9 Å². The highest BCUT2D eigenvalue weighted by Gasteiger charge is 2.15. The number of para-hydroxylation sites is 1. The van der Waals surface area contributed by atoms with E-state index < -0.39 is 5.91 Å². The Bertz CT molecular complexity index is 844. The predicted molar refractivity (Wildman–Crippen MR) is 106 cm³/mol.